The molecule has 2 nitrogen and oxygen atoms in total. The minimum atomic E-state index is -0.517. The molecular weight excluding hydrogens is 164 g/mol. The number of ether oxygens (including phenoxy) is 1. The van der Waals surface area contributed by atoms with Gasteiger partial charge in [0.2, 0.25) is 0 Å². The summed E-state index contributed by atoms with van der Waals surface area (Å²) in [6, 6.07) is 0. The molecule has 0 radical (unpaired) electrons. The average molecular weight is 179 g/mol. The van der Waals surface area contributed by atoms with Gasteiger partial charge in [0.25, 0.3) is 0 Å². The molecule has 0 bridgehead atoms. The highest BCUT2D eigenvalue weighted by molar-refractivity contribution is 6.29. The van der Waals surface area contributed by atoms with Gasteiger partial charge in [-0.25, -0.2) is 0 Å². The molecular formula is C8H15ClO2. The lowest BCUT2D eigenvalue weighted by atomic mass is 10.3. The summed E-state index contributed by atoms with van der Waals surface area (Å²) >= 11 is 5.47. The van der Waals surface area contributed by atoms with Crippen molar-refractivity contribution in [2.45, 2.75) is 38.5 Å². The molecule has 0 saturated carbocycles. The molecule has 0 aliphatic heterocycles. The van der Waals surface area contributed by atoms with E-state index in [-0.39, 0.29) is 5.97 Å². The van der Waals surface area contributed by atoms with Crippen LogP contribution >= 0.6 is 11.6 Å². The molecule has 0 spiro atoms. The summed E-state index contributed by atoms with van der Waals surface area (Å²) in [5.74, 6) is -0.317. The number of hydrogen-bond acceptors (Lipinski definition) is 2. The number of rotatable bonds is 5. The Morgan fingerprint density at radius 3 is 2.64 bits per heavy atom. The summed E-state index contributed by atoms with van der Waals surface area (Å²) in [7, 11) is 0. The fourth-order valence-electron chi connectivity index (χ4n) is 0.640. The third-order valence-corrected chi connectivity index (χ3v) is 1.50. The van der Waals surface area contributed by atoms with Gasteiger partial charge in [0.05, 0.1) is 6.61 Å². The first-order chi connectivity index (χ1) is 5.18. The summed E-state index contributed by atoms with van der Waals surface area (Å²) in [4.78, 5) is 10.8. The van der Waals surface area contributed by atoms with E-state index in [1.165, 1.54) is 0 Å². The van der Waals surface area contributed by atoms with E-state index < -0.39 is 5.38 Å². The number of hydrogen-bond donors (Lipinski definition) is 0. The molecule has 11 heavy (non-hydrogen) atoms. The summed E-state index contributed by atoms with van der Waals surface area (Å²) in [5.41, 5.74) is 0. The van der Waals surface area contributed by atoms with Crippen LogP contribution in [0.2, 0.25) is 0 Å². The zero-order valence-corrected chi connectivity index (χ0v) is 7.86. The van der Waals surface area contributed by atoms with E-state index in [1.807, 2.05) is 0 Å². The minimum Gasteiger partial charge on any atom is -0.465 e. The molecule has 1 unspecified atom stereocenters. The predicted octanol–water partition coefficient (Wildman–Crippen LogP) is 2.35. The molecule has 0 fully saturated rings. The molecule has 66 valence electrons. The zero-order chi connectivity index (χ0) is 8.69. The second kappa shape index (κ2) is 6.47. The summed E-state index contributed by atoms with van der Waals surface area (Å²) in [6.45, 7) is 4.22. The van der Waals surface area contributed by atoms with Crippen LogP contribution < -0.4 is 0 Å². The average Bonchev–Trinajstić information content (AvgIpc) is 1.97. The lowest BCUT2D eigenvalue weighted by molar-refractivity contribution is -0.142. The Labute approximate surface area is 72.9 Å². The number of alkyl halides is 1. The van der Waals surface area contributed by atoms with Crippen molar-refractivity contribution in [2.24, 2.45) is 0 Å². The van der Waals surface area contributed by atoms with E-state index in [0.717, 1.165) is 19.3 Å². The Hall–Kier alpha value is -0.240. The van der Waals surface area contributed by atoms with Crippen molar-refractivity contribution in [1.29, 1.82) is 0 Å². The first-order valence-electron chi connectivity index (χ1n) is 3.99. The van der Waals surface area contributed by atoms with Gasteiger partial charge >= 0.3 is 5.97 Å². The maximum absolute atomic E-state index is 10.8. The maximum Gasteiger partial charge on any atom is 0.323 e. The van der Waals surface area contributed by atoms with Crippen LogP contribution in [0.5, 0.6) is 0 Å². The van der Waals surface area contributed by atoms with Crippen molar-refractivity contribution >= 4 is 17.6 Å². The standard InChI is InChI=1S/C8H15ClO2/c1-3-4-5-6-11-8(10)7(2)9/h7H,3-6H2,1-2H3. The van der Waals surface area contributed by atoms with Gasteiger partial charge in [-0.05, 0) is 13.3 Å². The first kappa shape index (κ1) is 10.8. The number of carbonyl (C=O) groups excluding carboxylic acids is 1. The van der Waals surface area contributed by atoms with Crippen LogP contribution in [0.4, 0.5) is 0 Å². The van der Waals surface area contributed by atoms with Crippen molar-refractivity contribution in [1.82, 2.24) is 0 Å². The van der Waals surface area contributed by atoms with E-state index in [4.69, 9.17) is 16.3 Å². The molecule has 0 heterocycles. The molecule has 0 amide bonds. The van der Waals surface area contributed by atoms with Gasteiger partial charge < -0.3 is 4.74 Å². The van der Waals surface area contributed by atoms with Gasteiger partial charge in [0.1, 0.15) is 5.38 Å². The van der Waals surface area contributed by atoms with Gasteiger partial charge in [-0.2, -0.15) is 0 Å². The summed E-state index contributed by atoms with van der Waals surface area (Å²) in [5, 5.41) is -0.517. The van der Waals surface area contributed by atoms with E-state index in [2.05, 4.69) is 6.92 Å². The van der Waals surface area contributed by atoms with Gasteiger partial charge in [-0.15, -0.1) is 11.6 Å². The van der Waals surface area contributed by atoms with Gasteiger partial charge in [0.15, 0.2) is 0 Å². The van der Waals surface area contributed by atoms with Crippen molar-refractivity contribution < 1.29 is 9.53 Å². The Morgan fingerprint density at radius 2 is 2.18 bits per heavy atom. The highest BCUT2D eigenvalue weighted by atomic mass is 35.5. The third-order valence-electron chi connectivity index (χ3n) is 1.32. The highest BCUT2D eigenvalue weighted by Crippen LogP contribution is 1.99. The molecule has 0 saturated heterocycles. The van der Waals surface area contributed by atoms with E-state index >= 15 is 0 Å². The van der Waals surface area contributed by atoms with Crippen molar-refractivity contribution in [3.05, 3.63) is 0 Å². The van der Waals surface area contributed by atoms with Gasteiger partial charge in [-0.3, -0.25) is 4.79 Å². The lowest BCUT2D eigenvalue weighted by Gasteiger charge is -2.04. The zero-order valence-electron chi connectivity index (χ0n) is 7.10. The number of unbranched alkanes of at least 4 members (excludes halogenated alkanes) is 2. The summed E-state index contributed by atoms with van der Waals surface area (Å²) in [6.07, 6.45) is 3.17. The molecule has 0 aromatic rings. The molecule has 3 heteroatoms. The molecule has 0 aromatic heterocycles. The first-order valence-corrected chi connectivity index (χ1v) is 4.42. The van der Waals surface area contributed by atoms with Crippen LogP contribution in [-0.2, 0) is 9.53 Å². The number of halogens is 1. The quantitative estimate of drug-likeness (QED) is 0.367. The van der Waals surface area contributed by atoms with Crippen LogP contribution in [0.1, 0.15) is 33.1 Å². The maximum atomic E-state index is 10.8. The van der Waals surface area contributed by atoms with E-state index in [0.29, 0.717) is 6.61 Å². The molecule has 0 N–H and O–H groups in total. The fourth-order valence-corrected chi connectivity index (χ4v) is 0.703. The molecule has 0 aliphatic rings. The topological polar surface area (TPSA) is 26.3 Å². The Bertz CT molecular complexity index is 113. The molecule has 0 rings (SSSR count). The smallest absolute Gasteiger partial charge is 0.323 e. The van der Waals surface area contributed by atoms with Gasteiger partial charge in [0, 0.05) is 0 Å². The SMILES string of the molecule is CCCCCOC(=O)C(C)Cl. The Morgan fingerprint density at radius 1 is 1.55 bits per heavy atom. The second-order valence-electron chi connectivity index (χ2n) is 2.49. The second-order valence-corrected chi connectivity index (χ2v) is 3.15. The number of esters is 1. The monoisotopic (exact) mass is 178 g/mol. The van der Waals surface area contributed by atoms with E-state index in [9.17, 15) is 4.79 Å². The third kappa shape index (κ3) is 6.17. The minimum absolute atomic E-state index is 0.317. The van der Waals surface area contributed by atoms with Crippen molar-refractivity contribution in [3.8, 4) is 0 Å². The molecule has 1 atom stereocenters. The predicted molar refractivity (Wildman–Crippen MR) is 45.8 cm³/mol. The lowest BCUT2D eigenvalue weighted by Crippen LogP contribution is -2.14. The fraction of sp³-hybridized carbons (Fsp3) is 0.875. The Kier molecular flexibility index (Phi) is 6.33. The largest absolute Gasteiger partial charge is 0.465 e. The van der Waals surface area contributed by atoms with Crippen LogP contribution in [0.15, 0.2) is 0 Å². The van der Waals surface area contributed by atoms with Gasteiger partial charge in [-0.1, -0.05) is 19.8 Å². The highest BCUT2D eigenvalue weighted by Gasteiger charge is 2.08. The van der Waals surface area contributed by atoms with Crippen LogP contribution in [0, 0.1) is 0 Å². The summed E-state index contributed by atoms with van der Waals surface area (Å²) < 4.78 is 4.83. The van der Waals surface area contributed by atoms with Crippen LogP contribution in [0.25, 0.3) is 0 Å². The molecule has 0 aromatic carbocycles. The number of carbonyl (C=O) groups is 1. The molecule has 0 aliphatic carbocycles. The van der Waals surface area contributed by atoms with Crippen LogP contribution in [-0.4, -0.2) is 18.0 Å². The van der Waals surface area contributed by atoms with Crippen molar-refractivity contribution in [2.75, 3.05) is 6.61 Å². The van der Waals surface area contributed by atoms with Crippen molar-refractivity contribution in [3.63, 3.8) is 0 Å². The van der Waals surface area contributed by atoms with Crippen LogP contribution in [0.3, 0.4) is 0 Å². The Balaban J connectivity index is 3.18. The normalized spacial score (nSPS) is 12.6. The van der Waals surface area contributed by atoms with E-state index in [1.54, 1.807) is 6.92 Å².